The van der Waals surface area contributed by atoms with Gasteiger partial charge in [0, 0.05) is 13.5 Å². The number of nitrogens with zero attached hydrogens (tertiary/aromatic N) is 1. The molecular weight excluding hydrogens is 264 g/mol. The molecule has 0 radical (unpaired) electrons. The van der Waals surface area contributed by atoms with Crippen molar-refractivity contribution in [2.75, 3.05) is 17.5 Å². The summed E-state index contributed by atoms with van der Waals surface area (Å²) in [5.41, 5.74) is 12.2. The van der Waals surface area contributed by atoms with E-state index in [1.807, 2.05) is 61.6 Å². The van der Waals surface area contributed by atoms with Crippen LogP contribution in [0.25, 0.3) is 0 Å². The maximum atomic E-state index is 12.2. The average molecular weight is 282 g/mol. The summed E-state index contributed by atoms with van der Waals surface area (Å²) in [5.74, 6) is -0.0302. The minimum Gasteiger partial charge on any atom is -0.321 e. The van der Waals surface area contributed by atoms with Crippen molar-refractivity contribution in [1.29, 1.82) is 0 Å². The Kier molecular flexibility index (Phi) is 3.75. The van der Waals surface area contributed by atoms with Crippen molar-refractivity contribution >= 4 is 17.3 Å². The van der Waals surface area contributed by atoms with Crippen molar-refractivity contribution in [2.24, 2.45) is 0 Å². The van der Waals surface area contributed by atoms with Crippen LogP contribution in [0.3, 0.4) is 0 Å². The minimum absolute atomic E-state index is 0.00891. The Morgan fingerprint density at radius 2 is 1.86 bits per heavy atom. The largest absolute Gasteiger partial charge is 0.321 e. The van der Waals surface area contributed by atoms with E-state index in [0.29, 0.717) is 6.42 Å². The molecule has 1 atom stereocenters. The van der Waals surface area contributed by atoms with Crippen LogP contribution < -0.4 is 21.3 Å². The highest BCUT2D eigenvalue weighted by atomic mass is 16.2. The molecule has 3 rings (SSSR count). The van der Waals surface area contributed by atoms with Crippen LogP contribution >= 0.6 is 0 Å². The summed E-state index contributed by atoms with van der Waals surface area (Å²) in [5, 5.41) is 1.73. The molecule has 1 heterocycles. The standard InChI is InChI=1S/C16H18N4O/c1-20(12-7-3-2-4-8-12)19-16(21)11-15-13-9-5-6-10-14(13)17-18-15/h2-10,15,17-18H,11H2,1H3,(H,19,21). The van der Waals surface area contributed by atoms with Gasteiger partial charge in [0.15, 0.2) is 0 Å². The van der Waals surface area contributed by atoms with E-state index >= 15 is 0 Å². The molecule has 5 nitrogen and oxygen atoms in total. The van der Waals surface area contributed by atoms with Gasteiger partial charge in [0.2, 0.25) is 5.91 Å². The van der Waals surface area contributed by atoms with Crippen LogP contribution in [0, 0.1) is 0 Å². The van der Waals surface area contributed by atoms with Crippen LogP contribution in [-0.2, 0) is 4.79 Å². The van der Waals surface area contributed by atoms with Crippen molar-refractivity contribution in [3.05, 3.63) is 60.2 Å². The monoisotopic (exact) mass is 282 g/mol. The molecule has 5 heteroatoms. The average Bonchev–Trinajstić information content (AvgIpc) is 2.91. The molecule has 0 spiro atoms. The molecule has 0 aliphatic carbocycles. The number of nitrogens with one attached hydrogen (secondary N) is 3. The molecule has 3 N–H and O–H groups in total. The SMILES string of the molecule is CN(NC(=O)CC1NNc2ccccc21)c1ccccc1. The molecule has 2 aromatic carbocycles. The first-order chi connectivity index (χ1) is 10.2. The maximum Gasteiger partial charge on any atom is 0.240 e. The smallest absolute Gasteiger partial charge is 0.240 e. The normalized spacial score (nSPS) is 16.0. The van der Waals surface area contributed by atoms with E-state index in [2.05, 4.69) is 16.3 Å². The van der Waals surface area contributed by atoms with E-state index in [-0.39, 0.29) is 11.9 Å². The minimum atomic E-state index is -0.0302. The quantitative estimate of drug-likeness (QED) is 0.753. The van der Waals surface area contributed by atoms with E-state index in [1.54, 1.807) is 5.01 Å². The molecule has 1 aliphatic heterocycles. The molecule has 1 amide bonds. The number of carbonyl (C=O) groups is 1. The summed E-state index contributed by atoms with van der Waals surface area (Å²) in [7, 11) is 1.83. The summed E-state index contributed by atoms with van der Waals surface area (Å²) in [6.45, 7) is 0. The fourth-order valence-corrected chi connectivity index (χ4v) is 2.45. The van der Waals surface area contributed by atoms with Gasteiger partial charge in [-0.1, -0.05) is 36.4 Å². The molecule has 0 fully saturated rings. The van der Waals surface area contributed by atoms with E-state index in [4.69, 9.17) is 0 Å². The van der Waals surface area contributed by atoms with E-state index < -0.39 is 0 Å². The topological polar surface area (TPSA) is 56.4 Å². The van der Waals surface area contributed by atoms with Gasteiger partial charge in [0.1, 0.15) is 0 Å². The number of hydrazine groups is 2. The molecule has 2 aromatic rings. The Balaban J connectivity index is 1.61. The first kappa shape index (κ1) is 13.5. The van der Waals surface area contributed by atoms with Gasteiger partial charge in [0.25, 0.3) is 0 Å². The highest BCUT2D eigenvalue weighted by Crippen LogP contribution is 2.29. The Labute approximate surface area is 123 Å². The number of anilines is 2. The predicted octanol–water partition coefficient (Wildman–Crippen LogP) is 2.22. The number of benzene rings is 2. The molecule has 1 unspecified atom stereocenters. The predicted molar refractivity (Wildman–Crippen MR) is 83.5 cm³/mol. The third-order valence-electron chi connectivity index (χ3n) is 3.54. The lowest BCUT2D eigenvalue weighted by Crippen LogP contribution is -2.40. The first-order valence-electron chi connectivity index (χ1n) is 6.93. The molecule has 0 saturated carbocycles. The highest BCUT2D eigenvalue weighted by Gasteiger charge is 2.23. The zero-order valence-electron chi connectivity index (χ0n) is 11.8. The Morgan fingerprint density at radius 1 is 1.14 bits per heavy atom. The number of hydrogen-bond acceptors (Lipinski definition) is 4. The molecule has 0 aromatic heterocycles. The summed E-state index contributed by atoms with van der Waals surface area (Å²) in [6.07, 6.45) is 0.376. The lowest BCUT2D eigenvalue weighted by atomic mass is 10.0. The van der Waals surface area contributed by atoms with Crippen molar-refractivity contribution in [3.8, 4) is 0 Å². The lowest BCUT2D eigenvalue weighted by Gasteiger charge is -2.21. The number of para-hydroxylation sites is 2. The van der Waals surface area contributed by atoms with E-state index in [1.165, 1.54) is 0 Å². The van der Waals surface area contributed by atoms with Crippen molar-refractivity contribution < 1.29 is 4.79 Å². The van der Waals surface area contributed by atoms with Crippen molar-refractivity contribution in [1.82, 2.24) is 10.9 Å². The summed E-state index contributed by atoms with van der Waals surface area (Å²) in [4.78, 5) is 12.2. The fourth-order valence-electron chi connectivity index (χ4n) is 2.45. The van der Waals surface area contributed by atoms with E-state index in [0.717, 1.165) is 16.9 Å². The van der Waals surface area contributed by atoms with Crippen molar-refractivity contribution in [2.45, 2.75) is 12.5 Å². The van der Waals surface area contributed by atoms with Crippen LogP contribution in [0.5, 0.6) is 0 Å². The van der Waals surface area contributed by atoms with Gasteiger partial charge in [-0.15, -0.1) is 0 Å². The zero-order chi connectivity index (χ0) is 14.7. The van der Waals surface area contributed by atoms with Gasteiger partial charge in [-0.25, -0.2) is 5.43 Å². The number of amides is 1. The van der Waals surface area contributed by atoms with Crippen LogP contribution in [0.1, 0.15) is 18.0 Å². The molecular formula is C16H18N4O. The van der Waals surface area contributed by atoms with Gasteiger partial charge < -0.3 is 5.43 Å². The summed E-state index contributed by atoms with van der Waals surface area (Å²) >= 11 is 0. The highest BCUT2D eigenvalue weighted by molar-refractivity contribution is 5.79. The third-order valence-corrected chi connectivity index (χ3v) is 3.54. The lowest BCUT2D eigenvalue weighted by molar-refractivity contribution is -0.121. The molecule has 1 aliphatic rings. The van der Waals surface area contributed by atoms with Crippen LogP contribution in [0.4, 0.5) is 11.4 Å². The van der Waals surface area contributed by atoms with Gasteiger partial charge in [-0.2, -0.15) is 0 Å². The van der Waals surface area contributed by atoms with Crippen LogP contribution in [-0.4, -0.2) is 13.0 Å². The summed E-state index contributed by atoms with van der Waals surface area (Å²) in [6, 6.07) is 17.7. The second kappa shape index (κ2) is 5.85. The van der Waals surface area contributed by atoms with Crippen molar-refractivity contribution in [3.63, 3.8) is 0 Å². The third kappa shape index (κ3) is 2.98. The Morgan fingerprint density at radius 3 is 2.67 bits per heavy atom. The van der Waals surface area contributed by atoms with Crippen LogP contribution in [0.15, 0.2) is 54.6 Å². The van der Waals surface area contributed by atoms with Gasteiger partial charge >= 0.3 is 0 Å². The Hall–Kier alpha value is -2.53. The molecule has 0 bridgehead atoms. The number of fused-ring (bicyclic) bond motifs is 1. The zero-order valence-corrected chi connectivity index (χ0v) is 11.8. The molecule has 0 saturated heterocycles. The van der Waals surface area contributed by atoms with E-state index in [9.17, 15) is 4.79 Å². The fraction of sp³-hybridized carbons (Fsp3) is 0.188. The number of rotatable bonds is 4. The molecule has 108 valence electrons. The summed E-state index contributed by atoms with van der Waals surface area (Å²) < 4.78 is 0. The van der Waals surface area contributed by atoms with Crippen LogP contribution in [0.2, 0.25) is 0 Å². The molecule has 21 heavy (non-hydrogen) atoms. The van der Waals surface area contributed by atoms with Gasteiger partial charge in [-0.3, -0.25) is 15.2 Å². The Bertz CT molecular complexity index is 629. The second-order valence-electron chi connectivity index (χ2n) is 5.04. The number of carbonyl (C=O) groups excluding carboxylic acids is 1. The first-order valence-corrected chi connectivity index (χ1v) is 6.93. The number of hydrogen-bond donors (Lipinski definition) is 3. The second-order valence-corrected chi connectivity index (χ2v) is 5.04. The van der Waals surface area contributed by atoms with Gasteiger partial charge in [0.05, 0.1) is 17.4 Å². The maximum absolute atomic E-state index is 12.2. The van der Waals surface area contributed by atoms with Gasteiger partial charge in [-0.05, 0) is 23.8 Å².